The van der Waals surface area contributed by atoms with Crippen molar-refractivity contribution in [3.8, 4) is 0 Å². The number of hydrogen-bond acceptors (Lipinski definition) is 1. The van der Waals surface area contributed by atoms with E-state index in [0.717, 1.165) is 16.2 Å². The first-order valence-corrected chi connectivity index (χ1v) is 3.48. The fourth-order valence-electron chi connectivity index (χ4n) is 0.424. The molecule has 0 spiro atoms. The summed E-state index contributed by atoms with van der Waals surface area (Å²) >= 11 is 6.47. The molecule has 1 aromatic rings. The van der Waals surface area contributed by atoms with Crippen molar-refractivity contribution in [2.75, 3.05) is 0 Å². The fourth-order valence-corrected chi connectivity index (χ4v) is 1.25. The highest BCUT2D eigenvalue weighted by molar-refractivity contribution is 7.10. The van der Waals surface area contributed by atoms with Crippen molar-refractivity contribution in [1.82, 2.24) is 0 Å². The third kappa shape index (κ3) is 1.20. The Bertz CT molecular complexity index is 173. The van der Waals surface area contributed by atoms with Gasteiger partial charge in [0.15, 0.2) is 5.13 Å². The van der Waals surface area contributed by atoms with E-state index < -0.39 is 0 Å². The van der Waals surface area contributed by atoms with Gasteiger partial charge < -0.3 is 0 Å². The van der Waals surface area contributed by atoms with Gasteiger partial charge in [0.05, 0.1) is 5.88 Å². The summed E-state index contributed by atoms with van der Waals surface area (Å²) in [5.41, 5.74) is 0. The summed E-state index contributed by atoms with van der Waals surface area (Å²) in [7, 11) is 0. The van der Waals surface area contributed by atoms with Gasteiger partial charge in [-0.25, -0.2) is 0 Å². The van der Waals surface area contributed by atoms with E-state index in [1.54, 1.807) is 6.07 Å². The minimum absolute atomic E-state index is 0.166. The summed E-state index contributed by atoms with van der Waals surface area (Å²) < 4.78 is 12.1. The van der Waals surface area contributed by atoms with Crippen LogP contribution in [0.25, 0.3) is 0 Å². The third-order valence-electron chi connectivity index (χ3n) is 0.761. The van der Waals surface area contributed by atoms with Gasteiger partial charge in [-0.05, 0) is 12.1 Å². The SMILES string of the molecule is Fc1ccc(CCl)s1. The van der Waals surface area contributed by atoms with Crippen LogP contribution in [0, 0.1) is 5.13 Å². The van der Waals surface area contributed by atoms with E-state index in [2.05, 4.69) is 0 Å². The second-order valence-electron chi connectivity index (χ2n) is 1.34. The van der Waals surface area contributed by atoms with E-state index in [9.17, 15) is 4.39 Å². The topological polar surface area (TPSA) is 0 Å². The molecule has 0 radical (unpaired) electrons. The zero-order valence-electron chi connectivity index (χ0n) is 4.03. The molecule has 0 atom stereocenters. The van der Waals surface area contributed by atoms with Crippen LogP contribution < -0.4 is 0 Å². The Hall–Kier alpha value is -0.0800. The second kappa shape index (κ2) is 2.46. The van der Waals surface area contributed by atoms with Crippen molar-refractivity contribution < 1.29 is 4.39 Å². The molecule has 0 nitrogen and oxygen atoms in total. The van der Waals surface area contributed by atoms with E-state index in [0.29, 0.717) is 5.88 Å². The summed E-state index contributed by atoms with van der Waals surface area (Å²) in [5.74, 6) is 0.411. The first-order valence-electron chi connectivity index (χ1n) is 2.13. The molecule has 0 unspecified atom stereocenters. The summed E-state index contributed by atoms with van der Waals surface area (Å²) in [4.78, 5) is 0.879. The molecule has 8 heavy (non-hydrogen) atoms. The Balaban J connectivity index is 2.84. The number of thiophene rings is 1. The number of rotatable bonds is 1. The predicted molar refractivity (Wildman–Crippen MR) is 33.8 cm³/mol. The Labute approximate surface area is 55.9 Å². The van der Waals surface area contributed by atoms with Gasteiger partial charge in [0.2, 0.25) is 0 Å². The van der Waals surface area contributed by atoms with Gasteiger partial charge >= 0.3 is 0 Å². The van der Waals surface area contributed by atoms with Crippen LogP contribution in [0.4, 0.5) is 4.39 Å². The maximum absolute atomic E-state index is 12.1. The molecule has 0 amide bonds. The molecule has 3 heteroatoms. The lowest BCUT2D eigenvalue weighted by Crippen LogP contribution is -1.59. The van der Waals surface area contributed by atoms with E-state index in [1.807, 2.05) is 0 Å². The predicted octanol–water partition coefficient (Wildman–Crippen LogP) is 2.63. The van der Waals surface area contributed by atoms with Crippen molar-refractivity contribution in [2.24, 2.45) is 0 Å². The maximum Gasteiger partial charge on any atom is 0.176 e. The van der Waals surface area contributed by atoms with Gasteiger partial charge in [-0.3, -0.25) is 0 Å². The molecule has 0 aliphatic carbocycles. The molecule has 0 aliphatic heterocycles. The molecule has 1 heterocycles. The van der Waals surface area contributed by atoms with Gasteiger partial charge in [-0.1, -0.05) is 0 Å². The molecule has 0 fully saturated rings. The van der Waals surface area contributed by atoms with E-state index in [-0.39, 0.29) is 5.13 Å². The van der Waals surface area contributed by atoms with Crippen molar-refractivity contribution in [3.05, 3.63) is 22.1 Å². The summed E-state index contributed by atoms with van der Waals surface area (Å²) in [6.45, 7) is 0. The minimum Gasteiger partial charge on any atom is -0.195 e. The summed E-state index contributed by atoms with van der Waals surface area (Å²) in [5, 5.41) is -0.166. The van der Waals surface area contributed by atoms with Crippen molar-refractivity contribution in [2.45, 2.75) is 5.88 Å². The Morgan fingerprint density at radius 1 is 1.62 bits per heavy atom. The van der Waals surface area contributed by atoms with Gasteiger partial charge in [0.25, 0.3) is 0 Å². The Morgan fingerprint density at radius 3 is 2.62 bits per heavy atom. The average molecular weight is 151 g/mol. The largest absolute Gasteiger partial charge is 0.195 e. The van der Waals surface area contributed by atoms with Gasteiger partial charge in [0.1, 0.15) is 0 Å². The van der Waals surface area contributed by atoms with Crippen LogP contribution in [0.1, 0.15) is 4.88 Å². The molecule has 0 aromatic carbocycles. The molecular formula is C5H4ClFS. The van der Waals surface area contributed by atoms with Crippen molar-refractivity contribution in [3.63, 3.8) is 0 Å². The van der Waals surface area contributed by atoms with Crippen molar-refractivity contribution >= 4 is 22.9 Å². The Morgan fingerprint density at radius 2 is 2.38 bits per heavy atom. The molecule has 0 N–H and O–H groups in total. The van der Waals surface area contributed by atoms with Crippen LogP contribution in [0.15, 0.2) is 12.1 Å². The lowest BCUT2D eigenvalue weighted by Gasteiger charge is -1.77. The van der Waals surface area contributed by atoms with Crippen LogP contribution in [0.2, 0.25) is 0 Å². The van der Waals surface area contributed by atoms with Crippen LogP contribution in [0.5, 0.6) is 0 Å². The second-order valence-corrected chi connectivity index (χ2v) is 2.73. The molecule has 44 valence electrons. The quantitative estimate of drug-likeness (QED) is 0.540. The zero-order valence-corrected chi connectivity index (χ0v) is 5.60. The number of alkyl halides is 1. The monoisotopic (exact) mass is 150 g/mol. The first-order chi connectivity index (χ1) is 3.83. The molecular weight excluding hydrogens is 147 g/mol. The van der Waals surface area contributed by atoms with Crippen LogP contribution in [-0.2, 0) is 5.88 Å². The summed E-state index contributed by atoms with van der Waals surface area (Å²) in [6.07, 6.45) is 0. The minimum atomic E-state index is -0.166. The Kier molecular flexibility index (Phi) is 1.86. The van der Waals surface area contributed by atoms with E-state index in [1.165, 1.54) is 6.07 Å². The zero-order chi connectivity index (χ0) is 5.98. The van der Waals surface area contributed by atoms with E-state index >= 15 is 0 Å². The average Bonchev–Trinajstić information content (AvgIpc) is 2.14. The fraction of sp³-hybridized carbons (Fsp3) is 0.200. The first kappa shape index (κ1) is 6.05. The molecule has 0 saturated carbocycles. The molecule has 0 saturated heterocycles. The van der Waals surface area contributed by atoms with Crippen LogP contribution >= 0.6 is 22.9 Å². The van der Waals surface area contributed by atoms with Crippen LogP contribution in [0.3, 0.4) is 0 Å². The standard InChI is InChI=1S/C5H4ClFS/c6-3-4-1-2-5(7)8-4/h1-2H,3H2. The van der Waals surface area contributed by atoms with Gasteiger partial charge in [-0.15, -0.1) is 22.9 Å². The molecule has 1 aromatic heterocycles. The number of hydrogen-bond donors (Lipinski definition) is 0. The lowest BCUT2D eigenvalue weighted by atomic mass is 10.5. The van der Waals surface area contributed by atoms with Crippen molar-refractivity contribution in [1.29, 1.82) is 0 Å². The molecule has 0 bridgehead atoms. The third-order valence-corrected chi connectivity index (χ3v) is 2.08. The highest BCUT2D eigenvalue weighted by Crippen LogP contribution is 2.15. The van der Waals surface area contributed by atoms with Gasteiger partial charge in [0, 0.05) is 4.88 Å². The van der Waals surface area contributed by atoms with E-state index in [4.69, 9.17) is 11.6 Å². The molecule has 1 rings (SSSR count). The highest BCUT2D eigenvalue weighted by atomic mass is 35.5. The number of halogens is 2. The normalized spacial score (nSPS) is 9.75. The smallest absolute Gasteiger partial charge is 0.176 e. The lowest BCUT2D eigenvalue weighted by molar-refractivity contribution is 0.657. The maximum atomic E-state index is 12.1. The van der Waals surface area contributed by atoms with Gasteiger partial charge in [-0.2, -0.15) is 4.39 Å². The molecule has 0 aliphatic rings. The van der Waals surface area contributed by atoms with Crippen LogP contribution in [-0.4, -0.2) is 0 Å². The highest BCUT2D eigenvalue weighted by Gasteiger charge is 1.94. The summed E-state index contributed by atoms with van der Waals surface area (Å²) in [6, 6.07) is 3.11.